The number of aliphatic hydroxyl groups is 2. The summed E-state index contributed by atoms with van der Waals surface area (Å²) in [6.07, 6.45) is 14.0. The molecule has 5 rings (SSSR count). The summed E-state index contributed by atoms with van der Waals surface area (Å²) >= 11 is 0. The fourth-order valence-corrected chi connectivity index (χ4v) is 8.97. The quantitative estimate of drug-likeness (QED) is 0.0308. The normalized spacial score (nSPS) is 18.4. The predicted molar refractivity (Wildman–Crippen MR) is 267 cm³/mol. The van der Waals surface area contributed by atoms with Gasteiger partial charge in [-0.05, 0) is 86.5 Å². The molecule has 10 nitrogen and oxygen atoms in total. The van der Waals surface area contributed by atoms with E-state index in [9.17, 15) is 24.6 Å². The summed E-state index contributed by atoms with van der Waals surface area (Å²) in [6.45, 7) is -0.445. The highest BCUT2D eigenvalue weighted by Crippen LogP contribution is 2.27. The van der Waals surface area contributed by atoms with Gasteiger partial charge in [0.25, 0.3) is 0 Å². The number of aryl methyl sites for hydroxylation is 3. The number of ether oxygens (including phenoxy) is 4. The van der Waals surface area contributed by atoms with Crippen LogP contribution in [0.2, 0.25) is 0 Å². The summed E-state index contributed by atoms with van der Waals surface area (Å²) in [5.41, 5.74) is 4.86. The van der Waals surface area contributed by atoms with E-state index in [1.807, 2.05) is 48.5 Å². The van der Waals surface area contributed by atoms with Gasteiger partial charge in [-0.25, -0.2) is 0 Å². The minimum absolute atomic E-state index is 0.107. The van der Waals surface area contributed by atoms with Crippen molar-refractivity contribution in [1.82, 2.24) is 5.32 Å². The molecule has 1 heterocycles. The number of benzene rings is 4. The van der Waals surface area contributed by atoms with Gasteiger partial charge in [-0.15, -0.1) is 0 Å². The van der Waals surface area contributed by atoms with Gasteiger partial charge >= 0.3 is 11.9 Å². The first kappa shape index (κ1) is 54.1. The van der Waals surface area contributed by atoms with Gasteiger partial charge in [-0.3, -0.25) is 14.4 Å². The Kier molecular flexibility index (Phi) is 26.1. The van der Waals surface area contributed by atoms with Crippen LogP contribution in [0.15, 0.2) is 121 Å². The highest BCUT2D eigenvalue weighted by molar-refractivity contribution is 5.78. The average molecular weight is 934 g/mol. The van der Waals surface area contributed by atoms with E-state index in [2.05, 4.69) is 78.1 Å². The van der Waals surface area contributed by atoms with Gasteiger partial charge in [0.1, 0.15) is 24.4 Å². The summed E-state index contributed by atoms with van der Waals surface area (Å²) in [7, 11) is 0. The molecule has 0 radical (unpaired) electrons. The molecular weight excluding hydrogens is 855 g/mol. The summed E-state index contributed by atoms with van der Waals surface area (Å²) in [6, 6.07) is 39.8. The minimum Gasteiger partial charge on any atom is -0.462 e. The molecule has 0 aromatic heterocycles. The molecular formula is C58H79NO9. The largest absolute Gasteiger partial charge is 0.462 e. The molecule has 6 atom stereocenters. The van der Waals surface area contributed by atoms with Crippen molar-refractivity contribution >= 4 is 17.8 Å². The third-order valence-corrected chi connectivity index (χ3v) is 12.9. The number of rotatable bonds is 34. The standard InChI is InChI=1S/C58H79NO9/c60-44-51-56(64)57(68-54(63)42-28-8-4-2-6-16-30-47-34-20-12-21-35-47)55(58(67-51)65-45-49-38-24-14-25-39-49)59-52(61)43-50(40-26-10-9-17-31-48-36-22-13-23-37-48)66-53(62)41-27-7-3-1-5-15-29-46-32-18-11-19-33-46/h11-14,18-25,32-39,50-51,55-58,60,64H,1-10,15-17,26-31,40-45H2,(H,59,61)/t50?,51-,55-,56-,57-,58-/m1/s1. The fraction of sp³-hybridized carbons (Fsp3) is 0.534. The van der Waals surface area contributed by atoms with Crippen molar-refractivity contribution in [2.24, 2.45) is 0 Å². The van der Waals surface area contributed by atoms with Crippen LogP contribution in [0.25, 0.3) is 0 Å². The fourth-order valence-electron chi connectivity index (χ4n) is 8.97. The van der Waals surface area contributed by atoms with Crippen LogP contribution in [-0.4, -0.2) is 71.4 Å². The van der Waals surface area contributed by atoms with E-state index in [1.165, 1.54) is 16.7 Å². The van der Waals surface area contributed by atoms with Crippen LogP contribution in [0.4, 0.5) is 0 Å². The lowest BCUT2D eigenvalue weighted by Crippen LogP contribution is -2.66. The van der Waals surface area contributed by atoms with Crippen LogP contribution in [0.3, 0.4) is 0 Å². The molecule has 1 aliphatic heterocycles. The van der Waals surface area contributed by atoms with Crippen molar-refractivity contribution in [1.29, 1.82) is 0 Å². The van der Waals surface area contributed by atoms with Crippen molar-refractivity contribution in [3.05, 3.63) is 144 Å². The van der Waals surface area contributed by atoms with Crippen molar-refractivity contribution in [3.63, 3.8) is 0 Å². The van der Waals surface area contributed by atoms with Gasteiger partial charge in [-0.2, -0.15) is 0 Å². The van der Waals surface area contributed by atoms with Crippen LogP contribution in [0.1, 0.15) is 151 Å². The molecule has 0 aliphatic carbocycles. The number of esters is 2. The smallest absolute Gasteiger partial charge is 0.306 e. The van der Waals surface area contributed by atoms with Gasteiger partial charge in [0.05, 0.1) is 19.6 Å². The molecule has 0 saturated carbocycles. The van der Waals surface area contributed by atoms with Crippen molar-refractivity contribution in [3.8, 4) is 0 Å². The monoisotopic (exact) mass is 934 g/mol. The van der Waals surface area contributed by atoms with Gasteiger partial charge in [0, 0.05) is 12.8 Å². The van der Waals surface area contributed by atoms with Crippen molar-refractivity contribution in [2.45, 2.75) is 191 Å². The van der Waals surface area contributed by atoms with E-state index in [-0.39, 0.29) is 31.8 Å². The lowest BCUT2D eigenvalue weighted by Gasteiger charge is -2.43. The summed E-state index contributed by atoms with van der Waals surface area (Å²) in [5, 5.41) is 24.7. The van der Waals surface area contributed by atoms with Gasteiger partial charge in [0.2, 0.25) is 5.91 Å². The Morgan fingerprint density at radius 3 is 1.46 bits per heavy atom. The average Bonchev–Trinajstić information content (AvgIpc) is 3.36. The van der Waals surface area contributed by atoms with Gasteiger partial charge < -0.3 is 34.5 Å². The molecule has 10 heteroatoms. The second kappa shape index (κ2) is 32.8. The van der Waals surface area contributed by atoms with Crippen LogP contribution < -0.4 is 5.32 Å². The van der Waals surface area contributed by atoms with Gasteiger partial charge in [0.15, 0.2) is 12.4 Å². The summed E-state index contributed by atoms with van der Waals surface area (Å²) < 4.78 is 24.3. The molecule has 1 unspecified atom stereocenters. The zero-order valence-electron chi connectivity index (χ0n) is 40.4. The van der Waals surface area contributed by atoms with E-state index in [0.717, 1.165) is 121 Å². The highest BCUT2D eigenvalue weighted by Gasteiger charge is 2.48. The van der Waals surface area contributed by atoms with E-state index in [4.69, 9.17) is 18.9 Å². The van der Waals surface area contributed by atoms with Crippen LogP contribution in [0, 0.1) is 0 Å². The first-order valence-electron chi connectivity index (χ1n) is 25.8. The molecule has 1 saturated heterocycles. The van der Waals surface area contributed by atoms with E-state index < -0.39 is 55.2 Å². The molecule has 3 N–H and O–H groups in total. The second-order valence-electron chi connectivity index (χ2n) is 18.5. The maximum absolute atomic E-state index is 14.1. The maximum Gasteiger partial charge on any atom is 0.306 e. The van der Waals surface area contributed by atoms with Crippen molar-refractivity contribution in [2.75, 3.05) is 6.61 Å². The highest BCUT2D eigenvalue weighted by atomic mass is 16.7. The SMILES string of the molecule is O=C(CC(CCCCCCc1ccccc1)OC(=O)CCCCCCCCc1ccccc1)N[C@H]1[C@H](OCc2ccccc2)O[C@H](CO)[C@@H](O)[C@@H]1OC(=O)CCCCCCCCc1ccccc1. The molecule has 0 bridgehead atoms. The number of amides is 1. The molecule has 0 spiro atoms. The number of hydrogen-bond acceptors (Lipinski definition) is 9. The maximum atomic E-state index is 14.1. The third-order valence-electron chi connectivity index (χ3n) is 12.9. The Morgan fingerprint density at radius 2 is 0.971 bits per heavy atom. The zero-order valence-corrected chi connectivity index (χ0v) is 40.4. The first-order valence-corrected chi connectivity index (χ1v) is 25.8. The molecule has 4 aromatic rings. The topological polar surface area (TPSA) is 141 Å². The van der Waals surface area contributed by atoms with Crippen LogP contribution in [-0.2, 0) is 59.2 Å². The van der Waals surface area contributed by atoms with Crippen LogP contribution >= 0.6 is 0 Å². The molecule has 370 valence electrons. The molecule has 4 aromatic carbocycles. The predicted octanol–water partition coefficient (Wildman–Crippen LogP) is 11.1. The first-order chi connectivity index (χ1) is 33.4. The lowest BCUT2D eigenvalue weighted by atomic mass is 9.96. The van der Waals surface area contributed by atoms with Crippen molar-refractivity contribution < 1.29 is 43.5 Å². The molecule has 1 aliphatic rings. The number of carbonyl (C=O) groups excluding carboxylic acids is 3. The Morgan fingerprint density at radius 1 is 0.544 bits per heavy atom. The molecule has 1 fully saturated rings. The Bertz CT molecular complexity index is 1930. The van der Waals surface area contributed by atoms with Gasteiger partial charge in [-0.1, -0.05) is 186 Å². The van der Waals surface area contributed by atoms with E-state index in [1.54, 1.807) is 0 Å². The van der Waals surface area contributed by atoms with Crippen LogP contribution in [0.5, 0.6) is 0 Å². The minimum atomic E-state index is -1.44. The zero-order chi connectivity index (χ0) is 47.9. The second-order valence-corrected chi connectivity index (χ2v) is 18.5. The Balaban J connectivity index is 1.15. The van der Waals surface area contributed by atoms with E-state index >= 15 is 0 Å². The summed E-state index contributed by atoms with van der Waals surface area (Å²) in [4.78, 5) is 40.8. The summed E-state index contributed by atoms with van der Waals surface area (Å²) in [5.74, 6) is -1.28. The number of carbonyl (C=O) groups is 3. The molecule has 68 heavy (non-hydrogen) atoms. The molecule has 1 amide bonds. The third kappa shape index (κ3) is 21.6. The number of unbranched alkanes of at least 4 members (excludes halogenated alkanes) is 13. The Hall–Kier alpha value is -4.87. The lowest BCUT2D eigenvalue weighted by molar-refractivity contribution is -0.276. The number of aliphatic hydroxyl groups excluding tert-OH is 2. The number of hydrogen-bond donors (Lipinski definition) is 3. The number of nitrogens with one attached hydrogen (secondary N) is 1. The Labute approximate surface area is 406 Å². The van der Waals surface area contributed by atoms with E-state index in [0.29, 0.717) is 12.8 Å².